The van der Waals surface area contributed by atoms with Crippen LogP contribution >= 0.6 is 27.5 Å². The number of hydrogen-bond donors (Lipinski definition) is 3. The Kier molecular flexibility index (Phi) is 4.86. The maximum absolute atomic E-state index is 9.18. The Morgan fingerprint density at radius 2 is 2.20 bits per heavy atom. The van der Waals surface area contributed by atoms with E-state index in [1.54, 1.807) is 0 Å². The van der Waals surface area contributed by atoms with Gasteiger partial charge in [0.2, 0.25) is 0 Å². The van der Waals surface area contributed by atoms with Gasteiger partial charge < -0.3 is 15.5 Å². The first-order chi connectivity index (χ1) is 7.04. The molecule has 1 unspecified atom stereocenters. The van der Waals surface area contributed by atoms with Gasteiger partial charge in [-0.1, -0.05) is 27.5 Å². The highest BCUT2D eigenvalue weighted by atomic mass is 79.9. The molecule has 5 heteroatoms. The molecule has 3 nitrogen and oxygen atoms in total. The molecule has 1 rings (SSSR count). The Hall–Kier alpha value is -0.290. The molecule has 0 aliphatic rings. The normalized spacial score (nSPS) is 12.6. The zero-order valence-corrected chi connectivity index (χ0v) is 10.6. The molecule has 0 fully saturated rings. The van der Waals surface area contributed by atoms with Crippen LogP contribution in [0, 0.1) is 6.92 Å². The molecule has 0 saturated carbocycles. The summed E-state index contributed by atoms with van der Waals surface area (Å²) in [5.74, 6) is 0. The fourth-order valence-corrected chi connectivity index (χ4v) is 1.89. The third-order valence-electron chi connectivity index (χ3n) is 1.96. The summed E-state index contributed by atoms with van der Waals surface area (Å²) in [7, 11) is 0. The highest BCUT2D eigenvalue weighted by Gasteiger charge is 2.07. The fourth-order valence-electron chi connectivity index (χ4n) is 1.15. The molecule has 1 aromatic rings. The number of aliphatic hydroxyl groups is 2. The van der Waals surface area contributed by atoms with Crippen LogP contribution in [-0.4, -0.2) is 29.5 Å². The van der Waals surface area contributed by atoms with Crippen molar-refractivity contribution in [1.29, 1.82) is 0 Å². The topological polar surface area (TPSA) is 52.5 Å². The molecular formula is C10H13BrClNO2. The van der Waals surface area contributed by atoms with Gasteiger partial charge in [0.25, 0.3) is 0 Å². The molecule has 15 heavy (non-hydrogen) atoms. The predicted octanol–water partition coefficient (Wildman–Crippen LogP) is 2.18. The molecule has 1 aromatic carbocycles. The Bertz CT molecular complexity index is 346. The lowest BCUT2D eigenvalue weighted by Gasteiger charge is -2.13. The van der Waals surface area contributed by atoms with Crippen LogP contribution in [0.1, 0.15) is 5.56 Å². The first-order valence-corrected chi connectivity index (χ1v) is 5.70. The van der Waals surface area contributed by atoms with Crippen molar-refractivity contribution in [2.75, 3.05) is 18.5 Å². The van der Waals surface area contributed by atoms with Gasteiger partial charge in [-0.25, -0.2) is 0 Å². The minimum absolute atomic E-state index is 0.266. The van der Waals surface area contributed by atoms with Crippen molar-refractivity contribution in [3.63, 3.8) is 0 Å². The van der Waals surface area contributed by atoms with Crippen LogP contribution in [0.15, 0.2) is 16.6 Å². The van der Waals surface area contributed by atoms with E-state index in [-0.39, 0.29) is 13.2 Å². The number of nitrogens with one attached hydrogen (secondary N) is 1. The number of aryl methyl sites for hydroxylation is 1. The SMILES string of the molecule is Cc1cc(Br)cc(NCC(O)CO)c1Cl. The summed E-state index contributed by atoms with van der Waals surface area (Å²) in [6.07, 6.45) is -0.777. The van der Waals surface area contributed by atoms with Crippen LogP contribution in [-0.2, 0) is 0 Å². The predicted molar refractivity (Wildman–Crippen MR) is 65.5 cm³/mol. The van der Waals surface area contributed by atoms with Crippen molar-refractivity contribution in [2.24, 2.45) is 0 Å². The summed E-state index contributed by atoms with van der Waals surface area (Å²) in [6.45, 7) is 1.91. The second-order valence-corrected chi connectivity index (χ2v) is 4.60. The quantitative estimate of drug-likeness (QED) is 0.798. The Morgan fingerprint density at radius 1 is 1.53 bits per heavy atom. The van der Waals surface area contributed by atoms with E-state index in [0.717, 1.165) is 15.7 Å². The fraction of sp³-hybridized carbons (Fsp3) is 0.400. The molecule has 1 atom stereocenters. The lowest BCUT2D eigenvalue weighted by atomic mass is 10.2. The van der Waals surface area contributed by atoms with Gasteiger partial charge in [0.15, 0.2) is 0 Å². The molecule has 0 heterocycles. The van der Waals surface area contributed by atoms with Gasteiger partial charge >= 0.3 is 0 Å². The first-order valence-electron chi connectivity index (χ1n) is 4.53. The van der Waals surface area contributed by atoms with E-state index in [1.165, 1.54) is 0 Å². The van der Waals surface area contributed by atoms with Crippen LogP contribution < -0.4 is 5.32 Å². The molecule has 0 bridgehead atoms. The molecule has 84 valence electrons. The molecule has 0 aliphatic heterocycles. The van der Waals surface area contributed by atoms with Crippen molar-refractivity contribution in [2.45, 2.75) is 13.0 Å². The lowest BCUT2D eigenvalue weighted by Crippen LogP contribution is -2.23. The second kappa shape index (κ2) is 5.70. The third kappa shape index (κ3) is 3.65. The van der Waals surface area contributed by atoms with E-state index < -0.39 is 6.10 Å². The highest BCUT2D eigenvalue weighted by Crippen LogP contribution is 2.29. The molecule has 3 N–H and O–H groups in total. The Balaban J connectivity index is 2.76. The minimum Gasteiger partial charge on any atom is -0.394 e. The van der Waals surface area contributed by atoms with Crippen LogP contribution in [0.5, 0.6) is 0 Å². The van der Waals surface area contributed by atoms with Crippen molar-refractivity contribution in [1.82, 2.24) is 0 Å². The molecule has 0 amide bonds. The van der Waals surface area contributed by atoms with E-state index in [0.29, 0.717) is 5.02 Å². The van der Waals surface area contributed by atoms with Crippen LogP contribution in [0.25, 0.3) is 0 Å². The summed E-state index contributed by atoms with van der Waals surface area (Å²) in [5.41, 5.74) is 1.70. The van der Waals surface area contributed by atoms with Gasteiger partial charge in [0.05, 0.1) is 23.4 Å². The van der Waals surface area contributed by atoms with Gasteiger partial charge in [-0.05, 0) is 24.6 Å². The number of hydrogen-bond acceptors (Lipinski definition) is 3. The lowest BCUT2D eigenvalue weighted by molar-refractivity contribution is 0.105. The van der Waals surface area contributed by atoms with Crippen molar-refractivity contribution >= 4 is 33.2 Å². The maximum Gasteiger partial charge on any atom is 0.0942 e. The zero-order valence-electron chi connectivity index (χ0n) is 8.30. The number of aliphatic hydroxyl groups excluding tert-OH is 2. The van der Waals surface area contributed by atoms with E-state index in [9.17, 15) is 5.11 Å². The summed E-state index contributed by atoms with van der Waals surface area (Å²) < 4.78 is 0.922. The number of benzene rings is 1. The average molecular weight is 295 g/mol. The second-order valence-electron chi connectivity index (χ2n) is 3.30. The van der Waals surface area contributed by atoms with E-state index >= 15 is 0 Å². The third-order valence-corrected chi connectivity index (χ3v) is 2.92. The molecule has 0 aromatic heterocycles. The smallest absolute Gasteiger partial charge is 0.0942 e. The van der Waals surface area contributed by atoms with E-state index in [2.05, 4.69) is 21.2 Å². The van der Waals surface area contributed by atoms with Gasteiger partial charge in [-0.3, -0.25) is 0 Å². The molecule has 0 radical (unpaired) electrons. The van der Waals surface area contributed by atoms with Crippen molar-refractivity contribution in [3.8, 4) is 0 Å². The van der Waals surface area contributed by atoms with Gasteiger partial charge in [0, 0.05) is 11.0 Å². The van der Waals surface area contributed by atoms with Crippen molar-refractivity contribution in [3.05, 3.63) is 27.2 Å². The summed E-state index contributed by atoms with van der Waals surface area (Å²) >= 11 is 9.43. The molecular weight excluding hydrogens is 281 g/mol. The minimum atomic E-state index is -0.777. The number of rotatable bonds is 4. The number of anilines is 1. The van der Waals surface area contributed by atoms with Gasteiger partial charge in [-0.15, -0.1) is 0 Å². The molecule has 0 spiro atoms. The van der Waals surface area contributed by atoms with Crippen LogP contribution in [0.4, 0.5) is 5.69 Å². The largest absolute Gasteiger partial charge is 0.394 e. The Morgan fingerprint density at radius 3 is 2.80 bits per heavy atom. The zero-order chi connectivity index (χ0) is 11.4. The summed E-state index contributed by atoms with van der Waals surface area (Å²) in [6, 6.07) is 3.75. The summed E-state index contributed by atoms with van der Waals surface area (Å²) in [4.78, 5) is 0. The first kappa shape index (κ1) is 12.8. The van der Waals surface area contributed by atoms with E-state index in [1.807, 2.05) is 19.1 Å². The standard InChI is InChI=1S/C10H13BrClNO2/c1-6-2-7(11)3-9(10(6)12)13-4-8(15)5-14/h2-3,8,13-15H,4-5H2,1H3. The van der Waals surface area contributed by atoms with Crippen LogP contribution in [0.2, 0.25) is 5.02 Å². The number of halogens is 2. The molecule has 0 saturated heterocycles. The van der Waals surface area contributed by atoms with Crippen LogP contribution in [0.3, 0.4) is 0 Å². The maximum atomic E-state index is 9.18. The van der Waals surface area contributed by atoms with Gasteiger partial charge in [0.1, 0.15) is 0 Å². The monoisotopic (exact) mass is 293 g/mol. The van der Waals surface area contributed by atoms with Crippen molar-refractivity contribution < 1.29 is 10.2 Å². The van der Waals surface area contributed by atoms with E-state index in [4.69, 9.17) is 16.7 Å². The Labute approximate surface area is 102 Å². The highest BCUT2D eigenvalue weighted by molar-refractivity contribution is 9.10. The molecule has 0 aliphatic carbocycles. The average Bonchev–Trinajstić information content (AvgIpc) is 2.20. The summed E-state index contributed by atoms with van der Waals surface area (Å²) in [5, 5.41) is 21.4. The van der Waals surface area contributed by atoms with Gasteiger partial charge in [-0.2, -0.15) is 0 Å².